The summed E-state index contributed by atoms with van der Waals surface area (Å²) in [4.78, 5) is 0. The molecule has 0 aromatic rings. The van der Waals surface area contributed by atoms with E-state index in [0.29, 0.717) is 12.1 Å². The lowest BCUT2D eigenvalue weighted by atomic mass is 10.3. The Hall–Kier alpha value is 0.310. The van der Waals surface area contributed by atoms with Gasteiger partial charge in [-0.05, 0) is 14.0 Å². The van der Waals surface area contributed by atoms with Crippen molar-refractivity contribution in [3.8, 4) is 0 Å². The van der Waals surface area contributed by atoms with E-state index in [9.17, 15) is 0 Å². The third-order valence-corrected chi connectivity index (χ3v) is 1.71. The summed E-state index contributed by atoms with van der Waals surface area (Å²) in [6.45, 7) is 3.03. The quantitative estimate of drug-likeness (QED) is 0.421. The zero-order valence-electron chi connectivity index (χ0n) is 5.92. The summed E-state index contributed by atoms with van der Waals surface area (Å²) in [6.07, 6.45) is 0.484. The molecule has 0 amide bonds. The number of hydrogen-bond acceptors (Lipinski definition) is 3. The number of hydrogen-bond donors (Lipinski definition) is 2. The molecule has 0 aromatic heterocycles. The Morgan fingerprint density at radius 2 is 2.22 bits per heavy atom. The highest BCUT2D eigenvalue weighted by Gasteiger charge is 2.27. The maximum absolute atomic E-state index is 4.99. The van der Waals surface area contributed by atoms with Gasteiger partial charge >= 0.3 is 0 Å². The van der Waals surface area contributed by atoms with Crippen LogP contribution in [0, 0.1) is 0 Å². The van der Waals surface area contributed by atoms with Gasteiger partial charge in [0.1, 0.15) is 0 Å². The maximum Gasteiger partial charge on any atom is 0.0962 e. The summed E-state index contributed by atoms with van der Waals surface area (Å²) >= 11 is 0. The number of rotatable bonds is 2. The van der Waals surface area contributed by atoms with Crippen LogP contribution >= 0.6 is 9.39 Å². The zero-order valence-corrected chi connectivity index (χ0v) is 7.08. The zero-order chi connectivity index (χ0) is 7.28. The molecule has 3 nitrogen and oxygen atoms in total. The topological polar surface area (TPSA) is 50.6 Å². The van der Waals surface area contributed by atoms with Crippen molar-refractivity contribution in [2.75, 3.05) is 13.7 Å². The number of epoxide rings is 1. The largest absolute Gasteiger partial charge is 0.371 e. The predicted molar refractivity (Wildman–Crippen MR) is 42.2 cm³/mol. The van der Waals surface area contributed by atoms with Gasteiger partial charge in [-0.3, -0.25) is 5.09 Å². The average Bonchev–Trinajstić information content (AvgIpc) is 2.72. The Kier molecular flexibility index (Phi) is 5.30. The molecule has 4 heteroatoms. The Balaban J connectivity index is 0.000000291. The van der Waals surface area contributed by atoms with Crippen LogP contribution in [0.3, 0.4) is 0 Å². The van der Waals surface area contributed by atoms with Crippen LogP contribution in [-0.2, 0) is 4.74 Å². The van der Waals surface area contributed by atoms with Crippen LogP contribution < -0.4 is 10.8 Å². The first kappa shape index (κ1) is 9.31. The van der Waals surface area contributed by atoms with E-state index in [-0.39, 0.29) is 0 Å². The Labute approximate surface area is 58.6 Å². The van der Waals surface area contributed by atoms with Crippen molar-refractivity contribution in [2.24, 2.45) is 5.73 Å². The summed E-state index contributed by atoms with van der Waals surface area (Å²) < 4.78 is 4.99. The summed E-state index contributed by atoms with van der Waals surface area (Å²) in [5.41, 5.74) is 4.50. The first-order valence-corrected chi connectivity index (χ1v) is 3.58. The van der Waals surface area contributed by atoms with E-state index in [1.165, 1.54) is 7.05 Å². The van der Waals surface area contributed by atoms with Gasteiger partial charge < -0.3 is 10.5 Å². The lowest BCUT2D eigenvalue weighted by Crippen LogP contribution is -2.21. The van der Waals surface area contributed by atoms with Gasteiger partial charge in [0.25, 0.3) is 0 Å². The van der Waals surface area contributed by atoms with E-state index in [2.05, 4.69) is 27.1 Å². The highest BCUT2D eigenvalue weighted by atomic mass is 31.0. The minimum Gasteiger partial charge on any atom is -0.371 e. The van der Waals surface area contributed by atoms with Gasteiger partial charge in [0.05, 0.1) is 12.7 Å². The summed E-state index contributed by atoms with van der Waals surface area (Å²) in [5.74, 6) is 0. The van der Waals surface area contributed by atoms with Gasteiger partial charge in [-0.1, -0.05) is 9.39 Å². The standard InChI is InChI=1S/C4H10NOP.CH5N/c1-3(5-7)4-2-6-4;1-2/h3-5H,2,7H2,1H3;2H2,1H3/t3-,4+;/m0./s1. The van der Waals surface area contributed by atoms with Gasteiger partial charge in [-0.15, -0.1) is 0 Å². The molecule has 1 fully saturated rings. The van der Waals surface area contributed by atoms with E-state index in [1.807, 2.05) is 0 Å². The van der Waals surface area contributed by atoms with Crippen molar-refractivity contribution in [1.29, 1.82) is 0 Å². The highest BCUT2D eigenvalue weighted by molar-refractivity contribution is 7.13. The molecular weight excluding hydrogens is 135 g/mol. The van der Waals surface area contributed by atoms with E-state index >= 15 is 0 Å². The molecule has 9 heavy (non-hydrogen) atoms. The molecule has 0 saturated carbocycles. The average molecular weight is 150 g/mol. The smallest absolute Gasteiger partial charge is 0.0962 e. The van der Waals surface area contributed by atoms with Crippen LogP contribution in [0.4, 0.5) is 0 Å². The second-order valence-electron chi connectivity index (χ2n) is 1.83. The molecule has 1 saturated heterocycles. The molecule has 0 aromatic carbocycles. The van der Waals surface area contributed by atoms with E-state index in [1.54, 1.807) is 0 Å². The van der Waals surface area contributed by atoms with Gasteiger partial charge in [-0.25, -0.2) is 0 Å². The SMILES string of the molecule is CN.C[C@H](NP)[C@H]1CO1. The monoisotopic (exact) mass is 150 g/mol. The van der Waals surface area contributed by atoms with Crippen LogP contribution in [0.25, 0.3) is 0 Å². The van der Waals surface area contributed by atoms with Crippen LogP contribution in [-0.4, -0.2) is 25.8 Å². The Morgan fingerprint density at radius 1 is 1.78 bits per heavy atom. The van der Waals surface area contributed by atoms with Crippen LogP contribution in [0.2, 0.25) is 0 Å². The minimum atomic E-state index is 0.484. The molecule has 0 bridgehead atoms. The molecule has 0 aliphatic carbocycles. The Morgan fingerprint density at radius 3 is 2.33 bits per heavy atom. The minimum absolute atomic E-state index is 0.484. The lowest BCUT2D eigenvalue weighted by molar-refractivity contribution is 0.374. The van der Waals surface area contributed by atoms with Crippen LogP contribution in [0.5, 0.6) is 0 Å². The third kappa shape index (κ3) is 3.82. The van der Waals surface area contributed by atoms with Crippen molar-refractivity contribution in [2.45, 2.75) is 19.1 Å². The lowest BCUT2D eigenvalue weighted by Gasteiger charge is -2.01. The molecule has 0 spiro atoms. The summed E-state index contributed by atoms with van der Waals surface area (Å²) in [5, 5.41) is 3.02. The fourth-order valence-electron chi connectivity index (χ4n) is 0.452. The number of nitrogens with one attached hydrogen (secondary N) is 1. The third-order valence-electron chi connectivity index (χ3n) is 1.18. The number of nitrogens with two attached hydrogens (primary N) is 1. The normalized spacial score (nSPS) is 26.0. The van der Waals surface area contributed by atoms with E-state index in [0.717, 1.165) is 6.61 Å². The molecule has 56 valence electrons. The molecule has 1 heterocycles. The van der Waals surface area contributed by atoms with Crippen molar-refractivity contribution < 1.29 is 4.74 Å². The number of ether oxygens (including phenoxy) is 1. The molecule has 3 atom stereocenters. The van der Waals surface area contributed by atoms with E-state index in [4.69, 9.17) is 4.74 Å². The maximum atomic E-state index is 4.99. The van der Waals surface area contributed by atoms with Crippen molar-refractivity contribution >= 4 is 9.39 Å². The van der Waals surface area contributed by atoms with Gasteiger partial charge in [0.15, 0.2) is 0 Å². The first-order chi connectivity index (χ1) is 4.34. The highest BCUT2D eigenvalue weighted by Crippen LogP contribution is 2.13. The second kappa shape index (κ2) is 5.12. The van der Waals surface area contributed by atoms with Crippen molar-refractivity contribution in [3.05, 3.63) is 0 Å². The van der Waals surface area contributed by atoms with Crippen LogP contribution in [0.15, 0.2) is 0 Å². The molecular formula is C5H15N2OP. The first-order valence-electron chi connectivity index (χ1n) is 3.00. The molecule has 1 aliphatic rings. The summed E-state index contributed by atoms with van der Waals surface area (Å²) in [7, 11) is 3.97. The molecule has 0 radical (unpaired) electrons. The fourth-order valence-corrected chi connectivity index (χ4v) is 0.666. The van der Waals surface area contributed by atoms with E-state index < -0.39 is 0 Å². The molecule has 1 rings (SSSR count). The Bertz CT molecular complexity index is 68.0. The molecule has 1 aliphatic heterocycles. The van der Waals surface area contributed by atoms with Crippen LogP contribution in [0.1, 0.15) is 6.92 Å². The predicted octanol–water partition coefficient (Wildman–Crippen LogP) is -0.272. The molecule has 1 unspecified atom stereocenters. The van der Waals surface area contributed by atoms with Gasteiger partial charge in [0, 0.05) is 6.04 Å². The fraction of sp³-hybridized carbons (Fsp3) is 1.00. The van der Waals surface area contributed by atoms with Crippen molar-refractivity contribution in [3.63, 3.8) is 0 Å². The van der Waals surface area contributed by atoms with Gasteiger partial charge in [0.2, 0.25) is 0 Å². The molecule has 3 N–H and O–H groups in total. The van der Waals surface area contributed by atoms with Crippen molar-refractivity contribution in [1.82, 2.24) is 5.09 Å². The van der Waals surface area contributed by atoms with Gasteiger partial charge in [-0.2, -0.15) is 0 Å². The second-order valence-corrected chi connectivity index (χ2v) is 2.16. The summed E-state index contributed by atoms with van der Waals surface area (Å²) in [6, 6.07) is 0.505.